The molecule has 0 aliphatic heterocycles. The number of hydrogen-bond acceptors (Lipinski definition) is 4. The lowest BCUT2D eigenvalue weighted by atomic mass is 10.2. The van der Waals surface area contributed by atoms with E-state index in [1.54, 1.807) is 41.0 Å². The Morgan fingerprint density at radius 2 is 1.53 bits per heavy atom. The zero-order chi connectivity index (χ0) is 27.4. The van der Waals surface area contributed by atoms with E-state index in [0.717, 1.165) is 22.4 Å². The van der Waals surface area contributed by atoms with Gasteiger partial charge in [-0.1, -0.05) is 73.0 Å². The fourth-order valence-corrected chi connectivity index (χ4v) is 5.65. The van der Waals surface area contributed by atoms with Crippen LogP contribution in [0.4, 0.5) is 5.95 Å². The van der Waals surface area contributed by atoms with Gasteiger partial charge in [0.25, 0.3) is 0 Å². The fraction of sp³-hybridized carbons (Fsp3) is 0.241. The molecule has 1 aromatic heterocycles. The monoisotopic (exact) mass is 550 g/mol. The summed E-state index contributed by atoms with van der Waals surface area (Å²) in [6.07, 6.45) is 1.83. The van der Waals surface area contributed by atoms with Gasteiger partial charge in [0.05, 0.1) is 17.1 Å². The first-order valence-corrected chi connectivity index (χ1v) is 14.1. The first-order valence-electron chi connectivity index (χ1n) is 12.3. The molecule has 1 heterocycles. The van der Waals surface area contributed by atoms with Crippen LogP contribution in [0, 0.1) is 19.8 Å². The van der Waals surface area contributed by atoms with Crippen molar-refractivity contribution in [3.63, 3.8) is 0 Å². The number of halogens is 1. The summed E-state index contributed by atoms with van der Waals surface area (Å²) in [7, 11) is -3.88. The summed E-state index contributed by atoms with van der Waals surface area (Å²) < 4.78 is 29.8. The molecule has 0 aliphatic rings. The standard InChI is InChI=1S/C29H31ClN4O3S/c1-20(2)17-33(38(36,37)26-15-7-22(4)8-16-26)19-28(35)32-29-31-27(23-9-11-24(30)12-10-23)18-34(29)25-13-5-21(3)6-14-25/h5-16,18,20H,17,19H2,1-4H3,(H,31,32,35). The van der Waals surface area contributed by atoms with E-state index in [1.807, 2.05) is 70.3 Å². The molecule has 3 aromatic carbocycles. The molecule has 0 atom stereocenters. The van der Waals surface area contributed by atoms with E-state index in [0.29, 0.717) is 16.7 Å². The predicted molar refractivity (Wildman–Crippen MR) is 152 cm³/mol. The molecule has 0 saturated carbocycles. The highest BCUT2D eigenvalue weighted by Gasteiger charge is 2.28. The van der Waals surface area contributed by atoms with Crippen LogP contribution in [0.5, 0.6) is 0 Å². The van der Waals surface area contributed by atoms with Gasteiger partial charge in [-0.2, -0.15) is 4.31 Å². The molecule has 0 fully saturated rings. The number of carbonyl (C=O) groups excluding carboxylic acids is 1. The van der Waals surface area contributed by atoms with Crippen molar-refractivity contribution in [3.05, 3.63) is 95.1 Å². The lowest BCUT2D eigenvalue weighted by Crippen LogP contribution is -2.40. The lowest BCUT2D eigenvalue weighted by molar-refractivity contribution is -0.116. The molecule has 0 unspecified atom stereocenters. The van der Waals surface area contributed by atoms with Crippen LogP contribution < -0.4 is 5.32 Å². The molecule has 0 radical (unpaired) electrons. The SMILES string of the molecule is Cc1ccc(-n2cc(-c3ccc(Cl)cc3)nc2NC(=O)CN(CC(C)C)S(=O)(=O)c2ccc(C)cc2)cc1. The number of benzene rings is 3. The maximum Gasteiger partial charge on any atom is 0.243 e. The normalized spacial score (nSPS) is 11.8. The minimum atomic E-state index is -3.88. The van der Waals surface area contributed by atoms with Crippen LogP contribution in [0.2, 0.25) is 5.02 Å². The molecular weight excluding hydrogens is 520 g/mol. The maximum atomic E-state index is 13.4. The highest BCUT2D eigenvalue weighted by Crippen LogP contribution is 2.26. The van der Waals surface area contributed by atoms with Gasteiger partial charge in [-0.25, -0.2) is 13.4 Å². The molecule has 198 valence electrons. The predicted octanol–water partition coefficient (Wildman–Crippen LogP) is 6.09. The van der Waals surface area contributed by atoms with Crippen molar-refractivity contribution in [2.75, 3.05) is 18.4 Å². The second kappa shape index (κ2) is 11.5. The summed E-state index contributed by atoms with van der Waals surface area (Å²) in [4.78, 5) is 18.1. The van der Waals surface area contributed by atoms with Gasteiger partial charge in [-0.15, -0.1) is 0 Å². The van der Waals surface area contributed by atoms with Gasteiger partial charge in [-0.05, 0) is 56.2 Å². The van der Waals surface area contributed by atoms with E-state index in [-0.39, 0.29) is 23.9 Å². The number of aromatic nitrogens is 2. The molecular formula is C29H31ClN4O3S. The van der Waals surface area contributed by atoms with E-state index in [9.17, 15) is 13.2 Å². The summed E-state index contributed by atoms with van der Waals surface area (Å²) in [5.74, 6) is -0.168. The van der Waals surface area contributed by atoms with Crippen molar-refractivity contribution in [3.8, 4) is 16.9 Å². The van der Waals surface area contributed by atoms with Crippen molar-refractivity contribution in [2.45, 2.75) is 32.6 Å². The molecule has 0 bridgehead atoms. The van der Waals surface area contributed by atoms with Crippen LogP contribution in [0.25, 0.3) is 16.9 Å². The molecule has 9 heteroatoms. The number of aryl methyl sites for hydroxylation is 2. The van der Waals surface area contributed by atoms with Crippen molar-refractivity contribution in [1.82, 2.24) is 13.9 Å². The summed E-state index contributed by atoms with van der Waals surface area (Å²) in [6.45, 7) is 7.58. The molecule has 0 aliphatic carbocycles. The van der Waals surface area contributed by atoms with E-state index in [4.69, 9.17) is 11.6 Å². The minimum Gasteiger partial charge on any atom is -0.294 e. The Bertz CT molecular complexity index is 1510. The number of nitrogens with zero attached hydrogens (tertiary/aromatic N) is 3. The number of nitrogens with one attached hydrogen (secondary N) is 1. The molecule has 4 aromatic rings. The Labute approximate surface area is 229 Å². The highest BCUT2D eigenvalue weighted by molar-refractivity contribution is 7.89. The number of sulfonamides is 1. The van der Waals surface area contributed by atoms with Gasteiger partial charge in [0.2, 0.25) is 21.9 Å². The van der Waals surface area contributed by atoms with Gasteiger partial charge < -0.3 is 0 Å². The number of hydrogen-bond donors (Lipinski definition) is 1. The minimum absolute atomic E-state index is 0.0223. The van der Waals surface area contributed by atoms with Gasteiger partial charge >= 0.3 is 0 Å². The van der Waals surface area contributed by atoms with Gasteiger partial charge in [0.15, 0.2) is 0 Å². The number of rotatable bonds is 9. The van der Waals surface area contributed by atoms with Crippen molar-refractivity contribution < 1.29 is 13.2 Å². The Balaban J connectivity index is 1.65. The van der Waals surface area contributed by atoms with E-state index >= 15 is 0 Å². The molecule has 38 heavy (non-hydrogen) atoms. The number of carbonyl (C=O) groups is 1. The third kappa shape index (κ3) is 6.51. The Morgan fingerprint density at radius 3 is 2.11 bits per heavy atom. The average molecular weight is 551 g/mol. The summed E-state index contributed by atoms with van der Waals surface area (Å²) in [5, 5.41) is 3.45. The Hall–Kier alpha value is -3.46. The number of amides is 1. The van der Waals surface area contributed by atoms with Crippen LogP contribution in [0.15, 0.2) is 83.9 Å². The van der Waals surface area contributed by atoms with Crippen molar-refractivity contribution >= 4 is 33.5 Å². The third-order valence-electron chi connectivity index (χ3n) is 5.96. The molecule has 1 N–H and O–H groups in total. The van der Waals surface area contributed by atoms with Crippen molar-refractivity contribution in [2.24, 2.45) is 5.92 Å². The quantitative estimate of drug-likeness (QED) is 0.273. The molecule has 7 nitrogen and oxygen atoms in total. The smallest absolute Gasteiger partial charge is 0.243 e. The van der Waals surface area contributed by atoms with Gasteiger partial charge in [-0.3, -0.25) is 14.7 Å². The second-order valence-corrected chi connectivity index (χ2v) is 12.1. The van der Waals surface area contributed by atoms with Crippen LogP contribution in [-0.4, -0.2) is 41.3 Å². The first-order chi connectivity index (χ1) is 18.0. The first kappa shape index (κ1) is 27.6. The maximum absolute atomic E-state index is 13.4. The number of imidazole rings is 1. The topological polar surface area (TPSA) is 84.3 Å². The summed E-state index contributed by atoms with van der Waals surface area (Å²) in [5.41, 5.74) is 4.34. The largest absolute Gasteiger partial charge is 0.294 e. The summed E-state index contributed by atoms with van der Waals surface area (Å²) >= 11 is 6.05. The van der Waals surface area contributed by atoms with Crippen LogP contribution in [0.3, 0.4) is 0 Å². The van der Waals surface area contributed by atoms with E-state index in [1.165, 1.54) is 4.31 Å². The van der Waals surface area contributed by atoms with Crippen LogP contribution >= 0.6 is 11.6 Å². The fourth-order valence-electron chi connectivity index (χ4n) is 3.97. The van der Waals surface area contributed by atoms with Crippen LogP contribution in [-0.2, 0) is 14.8 Å². The highest BCUT2D eigenvalue weighted by atomic mass is 35.5. The zero-order valence-electron chi connectivity index (χ0n) is 21.8. The van der Waals surface area contributed by atoms with Gasteiger partial charge in [0, 0.05) is 29.0 Å². The third-order valence-corrected chi connectivity index (χ3v) is 8.03. The molecule has 4 rings (SSSR count). The Morgan fingerprint density at radius 1 is 0.947 bits per heavy atom. The molecule has 0 spiro atoms. The average Bonchev–Trinajstić information content (AvgIpc) is 3.28. The molecule has 1 amide bonds. The van der Waals surface area contributed by atoms with Crippen LogP contribution in [0.1, 0.15) is 25.0 Å². The summed E-state index contributed by atoms with van der Waals surface area (Å²) in [6, 6.07) is 21.7. The van der Waals surface area contributed by atoms with Gasteiger partial charge in [0.1, 0.15) is 0 Å². The Kier molecular flexibility index (Phi) is 8.35. The van der Waals surface area contributed by atoms with Crippen molar-refractivity contribution in [1.29, 1.82) is 0 Å². The van der Waals surface area contributed by atoms with E-state index < -0.39 is 15.9 Å². The lowest BCUT2D eigenvalue weighted by Gasteiger charge is -2.23. The second-order valence-electron chi connectivity index (χ2n) is 9.71. The molecule has 0 saturated heterocycles. The number of anilines is 1. The zero-order valence-corrected chi connectivity index (χ0v) is 23.4. The van der Waals surface area contributed by atoms with E-state index in [2.05, 4.69) is 10.3 Å².